The molecule has 132 valence electrons. The molecule has 1 N–H and O–H groups in total. The molecule has 8 heteroatoms. The zero-order chi connectivity index (χ0) is 17.8. The molecule has 1 unspecified atom stereocenters. The van der Waals surface area contributed by atoms with Crippen molar-refractivity contribution < 1.29 is 9.59 Å². The SMILES string of the molecule is CCCC(=O)N1CCCC1C(=O)Nc1nnc(-c2cccc(Br)c2)s1. The lowest BCUT2D eigenvalue weighted by molar-refractivity contribution is -0.136. The molecule has 1 aliphatic rings. The third-order valence-corrected chi connectivity index (χ3v) is 5.45. The first-order chi connectivity index (χ1) is 12.1. The highest BCUT2D eigenvalue weighted by atomic mass is 79.9. The van der Waals surface area contributed by atoms with Crippen LogP contribution in [0.4, 0.5) is 5.13 Å². The molecular weight excluding hydrogens is 404 g/mol. The summed E-state index contributed by atoms with van der Waals surface area (Å²) in [6, 6.07) is 7.36. The van der Waals surface area contributed by atoms with Crippen molar-refractivity contribution in [3.8, 4) is 10.6 Å². The Kier molecular flexibility index (Phi) is 5.80. The molecule has 1 aromatic heterocycles. The van der Waals surface area contributed by atoms with E-state index in [0.29, 0.717) is 24.5 Å². The predicted molar refractivity (Wildman–Crippen MR) is 101 cm³/mol. The number of carbonyl (C=O) groups excluding carboxylic acids is 2. The van der Waals surface area contributed by atoms with Crippen molar-refractivity contribution in [1.29, 1.82) is 0 Å². The lowest BCUT2D eigenvalue weighted by Crippen LogP contribution is -2.43. The minimum Gasteiger partial charge on any atom is -0.331 e. The average Bonchev–Trinajstić information content (AvgIpc) is 3.24. The normalized spacial score (nSPS) is 16.9. The van der Waals surface area contributed by atoms with Gasteiger partial charge in [0.1, 0.15) is 11.0 Å². The molecule has 1 aromatic carbocycles. The van der Waals surface area contributed by atoms with Crippen LogP contribution in [-0.2, 0) is 9.59 Å². The van der Waals surface area contributed by atoms with Gasteiger partial charge in [-0.25, -0.2) is 0 Å². The Hall–Kier alpha value is -1.80. The summed E-state index contributed by atoms with van der Waals surface area (Å²) < 4.78 is 0.960. The molecule has 0 bridgehead atoms. The first-order valence-electron chi connectivity index (χ1n) is 8.28. The van der Waals surface area contributed by atoms with Gasteiger partial charge >= 0.3 is 0 Å². The summed E-state index contributed by atoms with van der Waals surface area (Å²) in [6.45, 7) is 2.62. The molecule has 1 atom stereocenters. The van der Waals surface area contributed by atoms with Crippen molar-refractivity contribution in [1.82, 2.24) is 15.1 Å². The molecule has 2 aromatic rings. The van der Waals surface area contributed by atoms with Crippen LogP contribution in [0.15, 0.2) is 28.7 Å². The van der Waals surface area contributed by atoms with Gasteiger partial charge in [-0.2, -0.15) is 0 Å². The second-order valence-corrected chi connectivity index (χ2v) is 7.80. The molecule has 1 saturated heterocycles. The van der Waals surface area contributed by atoms with Crippen LogP contribution in [0, 0.1) is 0 Å². The van der Waals surface area contributed by atoms with Crippen molar-refractivity contribution in [3.05, 3.63) is 28.7 Å². The minimum atomic E-state index is -0.405. The summed E-state index contributed by atoms with van der Waals surface area (Å²) in [5, 5.41) is 12.2. The monoisotopic (exact) mass is 422 g/mol. The summed E-state index contributed by atoms with van der Waals surface area (Å²) in [5.74, 6) is -0.133. The number of carbonyl (C=O) groups is 2. The third kappa shape index (κ3) is 4.24. The van der Waals surface area contributed by atoms with E-state index in [-0.39, 0.29) is 11.8 Å². The molecular formula is C17H19BrN4O2S. The Morgan fingerprint density at radius 2 is 2.24 bits per heavy atom. The van der Waals surface area contributed by atoms with E-state index < -0.39 is 6.04 Å². The molecule has 2 amide bonds. The minimum absolute atomic E-state index is 0.0484. The number of nitrogens with one attached hydrogen (secondary N) is 1. The van der Waals surface area contributed by atoms with Gasteiger partial charge in [-0.3, -0.25) is 14.9 Å². The van der Waals surface area contributed by atoms with Gasteiger partial charge < -0.3 is 4.90 Å². The van der Waals surface area contributed by atoms with Gasteiger partial charge in [0.05, 0.1) is 0 Å². The zero-order valence-corrected chi connectivity index (χ0v) is 16.3. The van der Waals surface area contributed by atoms with Gasteiger partial charge in [0.2, 0.25) is 16.9 Å². The van der Waals surface area contributed by atoms with E-state index in [9.17, 15) is 9.59 Å². The van der Waals surface area contributed by atoms with Crippen molar-refractivity contribution in [2.24, 2.45) is 0 Å². The number of nitrogens with zero attached hydrogens (tertiary/aromatic N) is 3. The lowest BCUT2D eigenvalue weighted by atomic mass is 10.2. The number of anilines is 1. The molecule has 0 saturated carbocycles. The first-order valence-corrected chi connectivity index (χ1v) is 9.89. The van der Waals surface area contributed by atoms with E-state index in [1.165, 1.54) is 11.3 Å². The van der Waals surface area contributed by atoms with E-state index in [0.717, 1.165) is 27.9 Å². The molecule has 0 spiro atoms. The van der Waals surface area contributed by atoms with Gasteiger partial charge in [-0.05, 0) is 31.4 Å². The van der Waals surface area contributed by atoms with Gasteiger partial charge in [-0.1, -0.05) is 46.3 Å². The molecule has 0 aliphatic carbocycles. The summed E-state index contributed by atoms with van der Waals surface area (Å²) in [7, 11) is 0. The summed E-state index contributed by atoms with van der Waals surface area (Å²) in [6.07, 6.45) is 2.82. The van der Waals surface area contributed by atoms with E-state index in [4.69, 9.17) is 0 Å². The highest BCUT2D eigenvalue weighted by molar-refractivity contribution is 9.10. The Morgan fingerprint density at radius 3 is 3.00 bits per heavy atom. The lowest BCUT2D eigenvalue weighted by Gasteiger charge is -2.23. The van der Waals surface area contributed by atoms with Crippen LogP contribution in [-0.4, -0.2) is 39.5 Å². The number of benzene rings is 1. The van der Waals surface area contributed by atoms with Crippen LogP contribution in [0.1, 0.15) is 32.6 Å². The zero-order valence-electron chi connectivity index (χ0n) is 13.9. The summed E-state index contributed by atoms with van der Waals surface area (Å²) in [4.78, 5) is 26.4. The van der Waals surface area contributed by atoms with E-state index >= 15 is 0 Å². The largest absolute Gasteiger partial charge is 0.331 e. The molecule has 1 fully saturated rings. The van der Waals surface area contributed by atoms with E-state index in [2.05, 4.69) is 31.4 Å². The van der Waals surface area contributed by atoms with Crippen LogP contribution in [0.5, 0.6) is 0 Å². The van der Waals surface area contributed by atoms with Gasteiger partial charge in [-0.15, -0.1) is 10.2 Å². The maximum Gasteiger partial charge on any atom is 0.249 e. The van der Waals surface area contributed by atoms with E-state index in [1.807, 2.05) is 31.2 Å². The van der Waals surface area contributed by atoms with Crippen LogP contribution in [0.3, 0.4) is 0 Å². The maximum atomic E-state index is 12.6. The Morgan fingerprint density at radius 1 is 1.40 bits per heavy atom. The standard InChI is InChI=1S/C17H19BrN4O2S/c1-2-5-14(23)22-9-4-8-13(22)15(24)19-17-21-20-16(25-17)11-6-3-7-12(18)10-11/h3,6-7,10,13H,2,4-5,8-9H2,1H3,(H,19,21,24). The quantitative estimate of drug-likeness (QED) is 0.796. The average molecular weight is 423 g/mol. The molecule has 3 rings (SSSR count). The van der Waals surface area contributed by atoms with Crippen LogP contribution in [0.2, 0.25) is 0 Å². The van der Waals surface area contributed by atoms with Crippen LogP contribution >= 0.6 is 27.3 Å². The smallest absolute Gasteiger partial charge is 0.249 e. The molecule has 1 aliphatic heterocycles. The number of rotatable bonds is 5. The predicted octanol–water partition coefficient (Wildman–Crippen LogP) is 3.70. The van der Waals surface area contributed by atoms with Gasteiger partial charge in [0.25, 0.3) is 0 Å². The number of hydrogen-bond acceptors (Lipinski definition) is 5. The van der Waals surface area contributed by atoms with Gasteiger partial charge in [0, 0.05) is 23.0 Å². The first kappa shape index (κ1) is 18.0. The summed E-state index contributed by atoms with van der Waals surface area (Å²) in [5.41, 5.74) is 0.938. The van der Waals surface area contributed by atoms with Crippen molar-refractivity contribution in [2.45, 2.75) is 38.6 Å². The Bertz CT molecular complexity index is 780. The third-order valence-electron chi connectivity index (χ3n) is 4.07. The fourth-order valence-electron chi connectivity index (χ4n) is 2.90. The number of hydrogen-bond donors (Lipinski definition) is 1. The van der Waals surface area contributed by atoms with Crippen molar-refractivity contribution in [2.75, 3.05) is 11.9 Å². The van der Waals surface area contributed by atoms with Crippen molar-refractivity contribution in [3.63, 3.8) is 0 Å². The van der Waals surface area contributed by atoms with Crippen molar-refractivity contribution >= 4 is 44.2 Å². The van der Waals surface area contributed by atoms with Crippen LogP contribution < -0.4 is 5.32 Å². The topological polar surface area (TPSA) is 75.2 Å². The number of likely N-dealkylation sites (tertiary alicyclic amines) is 1. The highest BCUT2D eigenvalue weighted by Gasteiger charge is 2.33. The Balaban J connectivity index is 1.68. The fourth-order valence-corrected chi connectivity index (χ4v) is 4.04. The second kappa shape index (κ2) is 8.05. The number of halogens is 1. The van der Waals surface area contributed by atoms with Crippen LogP contribution in [0.25, 0.3) is 10.6 Å². The Labute approximate surface area is 158 Å². The number of aromatic nitrogens is 2. The second-order valence-electron chi connectivity index (χ2n) is 5.91. The van der Waals surface area contributed by atoms with Gasteiger partial charge in [0.15, 0.2) is 0 Å². The fraction of sp³-hybridized carbons (Fsp3) is 0.412. The molecule has 2 heterocycles. The molecule has 6 nitrogen and oxygen atoms in total. The van der Waals surface area contributed by atoms with E-state index in [1.54, 1.807) is 4.90 Å². The molecule has 0 radical (unpaired) electrons. The highest BCUT2D eigenvalue weighted by Crippen LogP contribution is 2.29. The molecule has 25 heavy (non-hydrogen) atoms. The summed E-state index contributed by atoms with van der Waals surface area (Å²) >= 11 is 4.76. The number of amides is 2. The maximum absolute atomic E-state index is 12.6.